The zero-order valence-electron chi connectivity index (χ0n) is 10.1. The number of alkyl halides is 2. The normalized spacial score (nSPS) is 12.3. The second-order valence-corrected chi connectivity index (χ2v) is 3.86. The molecule has 0 aromatic heterocycles. The van der Waals surface area contributed by atoms with Crippen LogP contribution in [0.3, 0.4) is 0 Å². The van der Waals surface area contributed by atoms with Crippen molar-refractivity contribution in [1.29, 1.82) is 0 Å². The Labute approximate surface area is 108 Å². The molecule has 106 valence electrons. The molecule has 0 amide bonds. The van der Waals surface area contributed by atoms with Crippen LogP contribution in [0.2, 0.25) is 0 Å². The predicted molar refractivity (Wildman–Crippen MR) is 58.6 cm³/mol. The molecule has 0 bridgehead atoms. The van der Waals surface area contributed by atoms with E-state index in [1.165, 1.54) is 25.1 Å². The van der Waals surface area contributed by atoms with E-state index < -0.39 is 25.5 Å². The van der Waals surface area contributed by atoms with Gasteiger partial charge in [-0.05, 0) is 31.0 Å². The Morgan fingerprint density at radius 3 is 2.68 bits per heavy atom. The first-order valence-electron chi connectivity index (χ1n) is 5.47. The fourth-order valence-electron chi connectivity index (χ4n) is 1.63. The number of ether oxygens (including phenoxy) is 2. The standard InChI is InChI=1S/C12H14F2O5/c1-7(18-12(16)17)4-8-2-3-10(19-11(13)14)9(5-8)6-15/h2-3,5,7,11,15H,4,6H2,1H3,(H,16,17)/p-1. The first-order chi connectivity index (χ1) is 8.92. The second-order valence-electron chi connectivity index (χ2n) is 3.86. The lowest BCUT2D eigenvalue weighted by molar-refractivity contribution is -0.286. The summed E-state index contributed by atoms with van der Waals surface area (Å²) < 4.78 is 32.8. The quantitative estimate of drug-likeness (QED) is 0.786. The molecule has 19 heavy (non-hydrogen) atoms. The molecule has 1 aromatic carbocycles. The van der Waals surface area contributed by atoms with Crippen LogP contribution in [0.25, 0.3) is 0 Å². The van der Waals surface area contributed by atoms with Crippen molar-refractivity contribution in [2.24, 2.45) is 0 Å². The lowest BCUT2D eigenvalue weighted by Gasteiger charge is -2.18. The third-order valence-corrected chi connectivity index (χ3v) is 2.33. The highest BCUT2D eigenvalue weighted by atomic mass is 19.3. The van der Waals surface area contributed by atoms with E-state index in [0.717, 1.165) is 0 Å². The van der Waals surface area contributed by atoms with E-state index in [0.29, 0.717) is 5.56 Å². The topological polar surface area (TPSA) is 78.8 Å². The van der Waals surface area contributed by atoms with Gasteiger partial charge in [0.15, 0.2) is 0 Å². The first kappa shape index (κ1) is 15.2. The van der Waals surface area contributed by atoms with E-state index in [2.05, 4.69) is 9.47 Å². The average molecular weight is 275 g/mol. The smallest absolute Gasteiger partial charge is 0.387 e. The van der Waals surface area contributed by atoms with Crippen LogP contribution in [-0.2, 0) is 17.8 Å². The number of hydrogen-bond acceptors (Lipinski definition) is 5. The number of carbonyl (C=O) groups is 1. The van der Waals surface area contributed by atoms with Gasteiger partial charge in [-0.25, -0.2) is 0 Å². The van der Waals surface area contributed by atoms with Gasteiger partial charge in [0.2, 0.25) is 0 Å². The van der Waals surface area contributed by atoms with Crippen molar-refractivity contribution in [2.45, 2.75) is 32.7 Å². The second kappa shape index (κ2) is 6.89. The lowest BCUT2D eigenvalue weighted by atomic mass is 10.0. The number of carboxylic acid groups (broad SMARTS) is 1. The minimum absolute atomic E-state index is 0.116. The third kappa shape index (κ3) is 5.09. The van der Waals surface area contributed by atoms with Gasteiger partial charge in [-0.15, -0.1) is 0 Å². The molecule has 0 aliphatic heterocycles. The molecule has 0 spiro atoms. The van der Waals surface area contributed by atoms with Gasteiger partial charge < -0.3 is 24.5 Å². The van der Waals surface area contributed by atoms with Crippen LogP contribution in [0, 0.1) is 0 Å². The fourth-order valence-corrected chi connectivity index (χ4v) is 1.63. The average Bonchev–Trinajstić information content (AvgIpc) is 2.29. The highest BCUT2D eigenvalue weighted by molar-refractivity contribution is 5.54. The molecule has 1 atom stereocenters. The molecule has 0 radical (unpaired) electrons. The molecule has 0 aliphatic carbocycles. The number of carbonyl (C=O) groups excluding carboxylic acids is 1. The summed E-state index contributed by atoms with van der Waals surface area (Å²) in [5, 5.41) is 19.3. The molecule has 1 rings (SSSR count). The Morgan fingerprint density at radius 1 is 1.47 bits per heavy atom. The van der Waals surface area contributed by atoms with Crippen molar-refractivity contribution >= 4 is 6.16 Å². The van der Waals surface area contributed by atoms with Gasteiger partial charge in [0.05, 0.1) is 6.61 Å². The molecular formula is C12H13F2O5-. The number of benzene rings is 1. The molecule has 5 nitrogen and oxygen atoms in total. The summed E-state index contributed by atoms with van der Waals surface area (Å²) in [6.45, 7) is -1.92. The fraction of sp³-hybridized carbons (Fsp3) is 0.417. The van der Waals surface area contributed by atoms with Crippen LogP contribution in [-0.4, -0.2) is 24.0 Å². The summed E-state index contributed by atoms with van der Waals surface area (Å²) in [5.74, 6) is -0.116. The van der Waals surface area contributed by atoms with E-state index in [-0.39, 0.29) is 17.7 Å². The van der Waals surface area contributed by atoms with Gasteiger partial charge >= 0.3 is 6.61 Å². The van der Waals surface area contributed by atoms with Gasteiger partial charge in [-0.1, -0.05) is 6.07 Å². The van der Waals surface area contributed by atoms with E-state index in [9.17, 15) is 18.7 Å². The van der Waals surface area contributed by atoms with E-state index >= 15 is 0 Å². The minimum Gasteiger partial charge on any atom is -0.546 e. The molecule has 0 fully saturated rings. The van der Waals surface area contributed by atoms with Crippen molar-refractivity contribution in [3.8, 4) is 5.75 Å². The lowest BCUT2D eigenvalue weighted by Crippen LogP contribution is -2.28. The van der Waals surface area contributed by atoms with Gasteiger partial charge in [0.25, 0.3) is 6.16 Å². The Balaban J connectivity index is 2.78. The molecule has 1 N–H and O–H groups in total. The van der Waals surface area contributed by atoms with Crippen molar-refractivity contribution in [2.75, 3.05) is 0 Å². The summed E-state index contributed by atoms with van der Waals surface area (Å²) >= 11 is 0. The van der Waals surface area contributed by atoms with Crippen LogP contribution >= 0.6 is 0 Å². The number of hydrogen-bond donors (Lipinski definition) is 1. The van der Waals surface area contributed by atoms with E-state index in [4.69, 9.17) is 5.11 Å². The monoisotopic (exact) mass is 275 g/mol. The van der Waals surface area contributed by atoms with Crippen molar-refractivity contribution in [1.82, 2.24) is 0 Å². The van der Waals surface area contributed by atoms with Crippen LogP contribution in [0.4, 0.5) is 13.6 Å². The van der Waals surface area contributed by atoms with Gasteiger partial charge in [0, 0.05) is 11.7 Å². The van der Waals surface area contributed by atoms with Crippen molar-refractivity contribution < 1.29 is 33.3 Å². The van der Waals surface area contributed by atoms with Crippen LogP contribution < -0.4 is 9.84 Å². The summed E-state index contributed by atoms with van der Waals surface area (Å²) in [7, 11) is 0. The van der Waals surface area contributed by atoms with Gasteiger partial charge in [-0.3, -0.25) is 0 Å². The zero-order chi connectivity index (χ0) is 14.4. The molecule has 0 saturated carbocycles. The third-order valence-electron chi connectivity index (χ3n) is 2.33. The summed E-state index contributed by atoms with van der Waals surface area (Å²) in [6, 6.07) is 4.23. The van der Waals surface area contributed by atoms with E-state index in [1.807, 2.05) is 0 Å². The maximum absolute atomic E-state index is 12.1. The van der Waals surface area contributed by atoms with E-state index in [1.54, 1.807) is 0 Å². The molecule has 0 aliphatic rings. The van der Waals surface area contributed by atoms with Crippen LogP contribution in [0.1, 0.15) is 18.1 Å². The number of rotatable bonds is 6. The molecule has 1 aromatic rings. The van der Waals surface area contributed by atoms with Crippen LogP contribution in [0.5, 0.6) is 5.75 Å². The zero-order valence-corrected chi connectivity index (χ0v) is 10.1. The number of aliphatic hydroxyl groups is 1. The molecule has 0 heterocycles. The molecule has 0 saturated heterocycles. The Hall–Kier alpha value is -1.89. The van der Waals surface area contributed by atoms with Crippen molar-refractivity contribution in [3.05, 3.63) is 29.3 Å². The number of halogens is 2. The highest BCUT2D eigenvalue weighted by Crippen LogP contribution is 2.23. The molecule has 1 unspecified atom stereocenters. The molecular weight excluding hydrogens is 262 g/mol. The summed E-state index contributed by atoms with van der Waals surface area (Å²) in [6.07, 6.45) is -2.04. The number of aliphatic hydroxyl groups excluding tert-OH is 1. The highest BCUT2D eigenvalue weighted by Gasteiger charge is 2.11. The Morgan fingerprint density at radius 2 is 2.16 bits per heavy atom. The Kier molecular flexibility index (Phi) is 5.50. The summed E-state index contributed by atoms with van der Waals surface area (Å²) in [4.78, 5) is 10.2. The largest absolute Gasteiger partial charge is 0.546 e. The van der Waals surface area contributed by atoms with Crippen LogP contribution in [0.15, 0.2) is 18.2 Å². The SMILES string of the molecule is CC(Cc1ccc(OC(F)F)c(CO)c1)OC(=O)[O-]. The predicted octanol–water partition coefficient (Wildman–Crippen LogP) is 1.07. The Bertz CT molecular complexity index is 436. The first-order valence-corrected chi connectivity index (χ1v) is 5.47. The summed E-state index contributed by atoms with van der Waals surface area (Å²) in [5.41, 5.74) is 0.817. The van der Waals surface area contributed by atoms with Gasteiger partial charge in [-0.2, -0.15) is 8.78 Å². The van der Waals surface area contributed by atoms with Crippen molar-refractivity contribution in [3.63, 3.8) is 0 Å². The molecule has 7 heteroatoms. The maximum atomic E-state index is 12.1. The maximum Gasteiger partial charge on any atom is 0.387 e. The minimum atomic E-state index is -2.98. The van der Waals surface area contributed by atoms with Gasteiger partial charge in [0.1, 0.15) is 5.75 Å².